The zero-order valence-corrected chi connectivity index (χ0v) is 9.42. The number of halogens is 3. The lowest BCUT2D eigenvalue weighted by Crippen LogP contribution is -2.10. The maximum absolute atomic E-state index is 12.4. The first-order valence-electron chi connectivity index (χ1n) is 4.42. The smallest absolute Gasteiger partial charge is 0.264 e. The van der Waals surface area contributed by atoms with Crippen molar-refractivity contribution in [1.29, 1.82) is 0 Å². The quantitative estimate of drug-likeness (QED) is 0.857. The molecule has 0 saturated carbocycles. The maximum Gasteiger partial charge on any atom is 0.416 e. The molecule has 1 aromatic carbocycles. The molecule has 0 aliphatic rings. The van der Waals surface area contributed by atoms with Crippen LogP contribution >= 0.6 is 0 Å². The molecular weight excluding hydrogens is 261 g/mol. The van der Waals surface area contributed by atoms with Crippen LogP contribution in [0.1, 0.15) is 24.2 Å². The summed E-state index contributed by atoms with van der Waals surface area (Å²) in [6, 6.07) is 4.01. The van der Waals surface area contributed by atoms with Gasteiger partial charge in [-0.2, -0.15) is 21.6 Å². The van der Waals surface area contributed by atoms with Crippen molar-refractivity contribution >= 4 is 10.4 Å². The van der Waals surface area contributed by atoms with Crippen LogP contribution in [0.3, 0.4) is 0 Å². The predicted molar refractivity (Wildman–Crippen MR) is 52.5 cm³/mol. The summed E-state index contributed by atoms with van der Waals surface area (Å²) < 4.78 is 70.5. The van der Waals surface area contributed by atoms with Crippen LogP contribution in [0.2, 0.25) is 0 Å². The molecule has 8 heteroatoms. The van der Waals surface area contributed by atoms with E-state index in [-0.39, 0.29) is 5.56 Å². The van der Waals surface area contributed by atoms with Gasteiger partial charge in [-0.1, -0.05) is 12.1 Å². The molecule has 0 aromatic heterocycles. The fraction of sp³-hybridized carbons (Fsp3) is 0.333. The average molecular weight is 270 g/mol. The summed E-state index contributed by atoms with van der Waals surface area (Å²) in [6.45, 7) is 1.21. The second kappa shape index (κ2) is 4.63. The lowest BCUT2D eigenvalue weighted by molar-refractivity contribution is -0.137. The molecule has 1 atom stereocenters. The summed E-state index contributed by atoms with van der Waals surface area (Å²) in [5.41, 5.74) is -0.918. The molecule has 0 saturated heterocycles. The van der Waals surface area contributed by atoms with E-state index in [1.807, 2.05) is 0 Å². The van der Waals surface area contributed by atoms with E-state index < -0.39 is 28.2 Å². The first-order chi connectivity index (χ1) is 7.59. The Hall–Kier alpha value is -1.12. The van der Waals surface area contributed by atoms with Crippen molar-refractivity contribution in [3.05, 3.63) is 35.4 Å². The topological polar surface area (TPSA) is 63.6 Å². The Morgan fingerprint density at radius 1 is 1.35 bits per heavy atom. The molecule has 0 aliphatic heterocycles. The van der Waals surface area contributed by atoms with E-state index in [1.54, 1.807) is 0 Å². The van der Waals surface area contributed by atoms with Gasteiger partial charge in [-0.25, -0.2) is 4.18 Å². The highest BCUT2D eigenvalue weighted by atomic mass is 32.3. The van der Waals surface area contributed by atoms with E-state index in [0.29, 0.717) is 0 Å². The summed E-state index contributed by atoms with van der Waals surface area (Å²) in [7, 11) is -4.70. The normalized spacial score (nSPS) is 14.6. The second-order valence-electron chi connectivity index (χ2n) is 3.29. The van der Waals surface area contributed by atoms with Gasteiger partial charge in [0, 0.05) is 0 Å². The molecule has 4 nitrogen and oxygen atoms in total. The molecule has 0 unspecified atom stereocenters. The van der Waals surface area contributed by atoms with Crippen molar-refractivity contribution in [2.75, 3.05) is 0 Å². The highest BCUT2D eigenvalue weighted by Gasteiger charge is 2.31. The zero-order chi connectivity index (χ0) is 13.3. The van der Waals surface area contributed by atoms with E-state index in [4.69, 9.17) is 4.55 Å². The Balaban J connectivity index is 3.00. The third-order valence-corrected chi connectivity index (χ3v) is 2.48. The van der Waals surface area contributed by atoms with Gasteiger partial charge in [-0.15, -0.1) is 0 Å². The van der Waals surface area contributed by atoms with Gasteiger partial charge < -0.3 is 0 Å². The van der Waals surface area contributed by atoms with Gasteiger partial charge >= 0.3 is 16.6 Å². The van der Waals surface area contributed by atoms with Gasteiger partial charge in [-0.3, -0.25) is 4.55 Å². The molecule has 0 aliphatic carbocycles. The standard InChI is InChI=1S/C9H9F3O4S/c1-6(16-17(13,14)15)7-3-2-4-8(5-7)9(10,11)12/h2-6H,1H3,(H,13,14,15)/t6-/m0/s1. The van der Waals surface area contributed by atoms with Gasteiger partial charge in [0.1, 0.15) is 6.10 Å². The summed E-state index contributed by atoms with van der Waals surface area (Å²) in [6.07, 6.45) is -5.72. The minimum atomic E-state index is -4.70. The molecule has 0 spiro atoms. The van der Waals surface area contributed by atoms with Crippen molar-refractivity contribution in [3.8, 4) is 0 Å². The maximum atomic E-state index is 12.4. The van der Waals surface area contributed by atoms with Crippen molar-refractivity contribution in [2.24, 2.45) is 0 Å². The summed E-state index contributed by atoms with van der Waals surface area (Å²) >= 11 is 0. The fourth-order valence-electron chi connectivity index (χ4n) is 1.21. The van der Waals surface area contributed by atoms with Crippen LogP contribution in [0.15, 0.2) is 24.3 Å². The lowest BCUT2D eigenvalue weighted by Gasteiger charge is -2.13. The molecule has 1 rings (SSSR count). The monoisotopic (exact) mass is 270 g/mol. The Morgan fingerprint density at radius 2 is 1.94 bits per heavy atom. The molecule has 1 aromatic rings. The first kappa shape index (κ1) is 13.9. The molecule has 0 fully saturated rings. The largest absolute Gasteiger partial charge is 0.416 e. The molecule has 1 N–H and O–H groups in total. The molecule has 0 amide bonds. The summed E-state index contributed by atoms with van der Waals surface area (Å²) in [5.74, 6) is 0. The number of benzene rings is 1. The van der Waals surface area contributed by atoms with Crippen LogP contribution in [-0.2, 0) is 20.8 Å². The van der Waals surface area contributed by atoms with Crippen molar-refractivity contribution in [2.45, 2.75) is 19.2 Å². The van der Waals surface area contributed by atoms with E-state index >= 15 is 0 Å². The SMILES string of the molecule is C[C@H](OS(=O)(=O)O)c1cccc(C(F)(F)F)c1. The third kappa shape index (κ3) is 4.33. The highest BCUT2D eigenvalue weighted by molar-refractivity contribution is 7.80. The van der Waals surface area contributed by atoms with Gasteiger partial charge in [0.05, 0.1) is 5.56 Å². The Bertz CT molecular complexity index is 495. The highest BCUT2D eigenvalue weighted by Crippen LogP contribution is 2.31. The Kier molecular flexibility index (Phi) is 3.80. The minimum Gasteiger partial charge on any atom is -0.264 e. The number of hydrogen-bond donors (Lipinski definition) is 1. The Labute approximate surface area is 96.0 Å². The van der Waals surface area contributed by atoms with Crippen LogP contribution in [0.4, 0.5) is 13.2 Å². The van der Waals surface area contributed by atoms with Gasteiger partial charge in [0.15, 0.2) is 0 Å². The molecule has 96 valence electrons. The molecule has 17 heavy (non-hydrogen) atoms. The lowest BCUT2D eigenvalue weighted by atomic mass is 10.1. The zero-order valence-electron chi connectivity index (χ0n) is 8.60. The molecular formula is C9H9F3O4S. The van der Waals surface area contributed by atoms with E-state index in [0.717, 1.165) is 18.2 Å². The van der Waals surface area contributed by atoms with Crippen LogP contribution in [-0.4, -0.2) is 13.0 Å². The first-order valence-corrected chi connectivity index (χ1v) is 5.79. The van der Waals surface area contributed by atoms with Gasteiger partial charge in [0.25, 0.3) is 0 Å². The predicted octanol–water partition coefficient (Wildman–Crippen LogP) is 2.59. The van der Waals surface area contributed by atoms with Gasteiger partial charge in [0.2, 0.25) is 0 Å². The van der Waals surface area contributed by atoms with Crippen LogP contribution in [0.25, 0.3) is 0 Å². The van der Waals surface area contributed by atoms with Crippen molar-refractivity contribution in [3.63, 3.8) is 0 Å². The number of rotatable bonds is 3. The Morgan fingerprint density at radius 3 is 2.41 bits per heavy atom. The summed E-state index contributed by atoms with van der Waals surface area (Å²) in [4.78, 5) is 0. The van der Waals surface area contributed by atoms with E-state index in [2.05, 4.69) is 4.18 Å². The summed E-state index contributed by atoms with van der Waals surface area (Å²) in [5, 5.41) is 0. The van der Waals surface area contributed by atoms with Crippen LogP contribution in [0, 0.1) is 0 Å². The minimum absolute atomic E-state index is 0.00236. The third-order valence-electron chi connectivity index (χ3n) is 1.95. The fourth-order valence-corrected chi connectivity index (χ4v) is 1.68. The van der Waals surface area contributed by atoms with Crippen molar-refractivity contribution in [1.82, 2.24) is 0 Å². The van der Waals surface area contributed by atoms with E-state index in [9.17, 15) is 21.6 Å². The van der Waals surface area contributed by atoms with Crippen LogP contribution in [0.5, 0.6) is 0 Å². The van der Waals surface area contributed by atoms with Crippen LogP contribution < -0.4 is 0 Å². The number of hydrogen-bond acceptors (Lipinski definition) is 3. The average Bonchev–Trinajstić information content (AvgIpc) is 2.14. The number of alkyl halides is 3. The van der Waals surface area contributed by atoms with Gasteiger partial charge in [-0.05, 0) is 24.6 Å². The van der Waals surface area contributed by atoms with E-state index in [1.165, 1.54) is 13.0 Å². The van der Waals surface area contributed by atoms with Crippen molar-refractivity contribution < 1.29 is 30.3 Å². The molecule has 0 heterocycles. The molecule has 0 radical (unpaired) electrons. The molecule has 0 bridgehead atoms. The second-order valence-corrected chi connectivity index (χ2v) is 4.34.